The molecule has 2 heteroatoms. The smallest absolute Gasteiger partial charge is 0.0477 e. The molecule has 0 radical (unpaired) electrons. The standard InChI is InChI=1S/C13H27NO/c1-4-15-10-6-9-14-12-7-5-8-13(2,3)11-12/h12,14H,4-11H2,1-3H3/t12-/m0/s1. The van der Waals surface area contributed by atoms with E-state index >= 15 is 0 Å². The maximum atomic E-state index is 5.32. The van der Waals surface area contributed by atoms with Crippen molar-refractivity contribution in [3.05, 3.63) is 0 Å². The van der Waals surface area contributed by atoms with E-state index in [1.54, 1.807) is 0 Å². The first kappa shape index (κ1) is 13.0. The average molecular weight is 213 g/mol. The van der Waals surface area contributed by atoms with Gasteiger partial charge in [-0.2, -0.15) is 0 Å². The predicted molar refractivity (Wildman–Crippen MR) is 65.1 cm³/mol. The minimum atomic E-state index is 0.551. The van der Waals surface area contributed by atoms with Gasteiger partial charge in [0.05, 0.1) is 0 Å². The summed E-state index contributed by atoms with van der Waals surface area (Å²) in [5.41, 5.74) is 0.551. The van der Waals surface area contributed by atoms with Crippen LogP contribution in [0.2, 0.25) is 0 Å². The van der Waals surface area contributed by atoms with Gasteiger partial charge < -0.3 is 10.1 Å². The van der Waals surface area contributed by atoms with E-state index in [0.717, 1.165) is 32.2 Å². The molecule has 90 valence electrons. The van der Waals surface area contributed by atoms with E-state index in [1.807, 2.05) is 0 Å². The van der Waals surface area contributed by atoms with E-state index in [0.29, 0.717) is 5.41 Å². The number of ether oxygens (including phenoxy) is 1. The fourth-order valence-electron chi connectivity index (χ4n) is 2.50. The van der Waals surface area contributed by atoms with E-state index in [9.17, 15) is 0 Å². The van der Waals surface area contributed by atoms with Gasteiger partial charge >= 0.3 is 0 Å². The number of hydrogen-bond acceptors (Lipinski definition) is 2. The summed E-state index contributed by atoms with van der Waals surface area (Å²) in [6.07, 6.45) is 6.62. The van der Waals surface area contributed by atoms with Crippen molar-refractivity contribution in [3.63, 3.8) is 0 Å². The molecule has 0 spiro atoms. The van der Waals surface area contributed by atoms with E-state index < -0.39 is 0 Å². The van der Waals surface area contributed by atoms with Crippen molar-refractivity contribution < 1.29 is 4.74 Å². The molecule has 1 aliphatic carbocycles. The van der Waals surface area contributed by atoms with Crippen molar-refractivity contribution in [3.8, 4) is 0 Å². The highest BCUT2D eigenvalue weighted by molar-refractivity contribution is 4.83. The SMILES string of the molecule is CCOCCCN[C@H]1CCCC(C)(C)C1. The van der Waals surface area contributed by atoms with E-state index in [4.69, 9.17) is 4.74 Å². The van der Waals surface area contributed by atoms with Crippen LogP contribution in [0.5, 0.6) is 0 Å². The van der Waals surface area contributed by atoms with Crippen LogP contribution in [0.3, 0.4) is 0 Å². The lowest BCUT2D eigenvalue weighted by atomic mass is 9.75. The van der Waals surface area contributed by atoms with Gasteiger partial charge in [0.1, 0.15) is 0 Å². The molecule has 0 heterocycles. The summed E-state index contributed by atoms with van der Waals surface area (Å²) in [5.74, 6) is 0. The Labute approximate surface area is 94.8 Å². The van der Waals surface area contributed by atoms with Crippen molar-refractivity contribution in [2.24, 2.45) is 5.41 Å². The fraction of sp³-hybridized carbons (Fsp3) is 1.00. The van der Waals surface area contributed by atoms with Gasteiger partial charge in [-0.15, -0.1) is 0 Å². The van der Waals surface area contributed by atoms with Crippen LogP contribution < -0.4 is 5.32 Å². The van der Waals surface area contributed by atoms with Crippen LogP contribution in [-0.4, -0.2) is 25.8 Å². The molecule has 1 fully saturated rings. The lowest BCUT2D eigenvalue weighted by molar-refractivity contribution is 0.140. The summed E-state index contributed by atoms with van der Waals surface area (Å²) < 4.78 is 5.32. The molecular weight excluding hydrogens is 186 g/mol. The van der Waals surface area contributed by atoms with Crippen molar-refractivity contribution in [1.29, 1.82) is 0 Å². The maximum absolute atomic E-state index is 5.32. The highest BCUT2D eigenvalue weighted by Gasteiger charge is 2.27. The zero-order valence-corrected chi connectivity index (χ0v) is 10.6. The topological polar surface area (TPSA) is 21.3 Å². The van der Waals surface area contributed by atoms with E-state index in [-0.39, 0.29) is 0 Å². The van der Waals surface area contributed by atoms with Gasteiger partial charge in [-0.3, -0.25) is 0 Å². The number of rotatable bonds is 6. The number of nitrogens with one attached hydrogen (secondary N) is 1. The van der Waals surface area contributed by atoms with Crippen LogP contribution in [0.1, 0.15) is 52.9 Å². The van der Waals surface area contributed by atoms with Crippen molar-refractivity contribution in [1.82, 2.24) is 5.32 Å². The zero-order valence-electron chi connectivity index (χ0n) is 10.6. The Morgan fingerprint density at radius 2 is 2.20 bits per heavy atom. The minimum Gasteiger partial charge on any atom is -0.382 e. The molecule has 0 unspecified atom stereocenters. The fourth-order valence-corrected chi connectivity index (χ4v) is 2.50. The third-order valence-electron chi connectivity index (χ3n) is 3.31. The summed E-state index contributed by atoms with van der Waals surface area (Å²) in [6.45, 7) is 9.69. The van der Waals surface area contributed by atoms with Crippen molar-refractivity contribution in [2.45, 2.75) is 58.9 Å². The third kappa shape index (κ3) is 5.53. The Kier molecular flexibility index (Phi) is 5.62. The Bertz CT molecular complexity index is 168. The molecule has 1 N–H and O–H groups in total. The van der Waals surface area contributed by atoms with Gasteiger partial charge in [-0.1, -0.05) is 20.3 Å². The Morgan fingerprint density at radius 1 is 1.40 bits per heavy atom. The molecule has 1 atom stereocenters. The van der Waals surface area contributed by atoms with Crippen LogP contribution in [0.4, 0.5) is 0 Å². The van der Waals surface area contributed by atoms with E-state index in [2.05, 4.69) is 26.1 Å². The van der Waals surface area contributed by atoms with Crippen LogP contribution in [0.15, 0.2) is 0 Å². The molecule has 1 aliphatic rings. The molecule has 0 aromatic carbocycles. The first-order chi connectivity index (χ1) is 7.14. The predicted octanol–water partition coefficient (Wildman–Crippen LogP) is 2.97. The molecule has 0 aromatic rings. The Morgan fingerprint density at radius 3 is 2.87 bits per heavy atom. The largest absolute Gasteiger partial charge is 0.382 e. The first-order valence-electron chi connectivity index (χ1n) is 6.45. The van der Waals surface area contributed by atoms with Gasteiger partial charge in [0.25, 0.3) is 0 Å². The maximum Gasteiger partial charge on any atom is 0.0477 e. The second kappa shape index (κ2) is 6.49. The molecular formula is C13H27NO. The molecule has 0 aliphatic heterocycles. The molecule has 0 saturated heterocycles. The molecule has 1 saturated carbocycles. The Hall–Kier alpha value is -0.0800. The normalized spacial score (nSPS) is 25.4. The highest BCUT2D eigenvalue weighted by Crippen LogP contribution is 2.34. The first-order valence-corrected chi connectivity index (χ1v) is 6.45. The molecule has 0 bridgehead atoms. The summed E-state index contributed by atoms with van der Waals surface area (Å²) in [6, 6.07) is 0.746. The molecule has 15 heavy (non-hydrogen) atoms. The molecule has 1 rings (SSSR count). The number of hydrogen-bond donors (Lipinski definition) is 1. The van der Waals surface area contributed by atoms with E-state index in [1.165, 1.54) is 25.7 Å². The second-order valence-electron chi connectivity index (χ2n) is 5.46. The molecule has 2 nitrogen and oxygen atoms in total. The summed E-state index contributed by atoms with van der Waals surface area (Å²) in [5, 5.41) is 3.66. The van der Waals surface area contributed by atoms with Gasteiger partial charge in [0, 0.05) is 19.3 Å². The van der Waals surface area contributed by atoms with Crippen molar-refractivity contribution >= 4 is 0 Å². The lowest BCUT2D eigenvalue weighted by Crippen LogP contribution is -2.37. The average Bonchev–Trinajstić information content (AvgIpc) is 2.16. The summed E-state index contributed by atoms with van der Waals surface area (Å²) >= 11 is 0. The zero-order chi connectivity index (χ0) is 11.1. The van der Waals surface area contributed by atoms with Gasteiger partial charge in [-0.05, 0) is 44.6 Å². The molecule has 0 aromatic heterocycles. The van der Waals surface area contributed by atoms with Crippen LogP contribution >= 0.6 is 0 Å². The minimum absolute atomic E-state index is 0.551. The van der Waals surface area contributed by atoms with Gasteiger partial charge in [-0.25, -0.2) is 0 Å². The van der Waals surface area contributed by atoms with Crippen molar-refractivity contribution in [2.75, 3.05) is 19.8 Å². The Balaban J connectivity index is 2.05. The summed E-state index contributed by atoms with van der Waals surface area (Å²) in [7, 11) is 0. The highest BCUT2D eigenvalue weighted by atomic mass is 16.5. The summed E-state index contributed by atoms with van der Waals surface area (Å²) in [4.78, 5) is 0. The lowest BCUT2D eigenvalue weighted by Gasteiger charge is -2.35. The quantitative estimate of drug-likeness (QED) is 0.685. The second-order valence-corrected chi connectivity index (χ2v) is 5.46. The van der Waals surface area contributed by atoms with Gasteiger partial charge in [0.15, 0.2) is 0 Å². The van der Waals surface area contributed by atoms with Crippen LogP contribution in [0.25, 0.3) is 0 Å². The van der Waals surface area contributed by atoms with Crippen LogP contribution in [0, 0.1) is 5.41 Å². The monoisotopic (exact) mass is 213 g/mol. The third-order valence-corrected chi connectivity index (χ3v) is 3.31. The van der Waals surface area contributed by atoms with Gasteiger partial charge in [0.2, 0.25) is 0 Å². The van der Waals surface area contributed by atoms with Crippen LogP contribution in [-0.2, 0) is 4.74 Å². The molecule has 0 amide bonds.